The van der Waals surface area contributed by atoms with Gasteiger partial charge in [0.25, 0.3) is 10.0 Å². The molecule has 0 radical (unpaired) electrons. The van der Waals surface area contributed by atoms with Crippen molar-refractivity contribution in [1.29, 1.82) is 0 Å². The van der Waals surface area contributed by atoms with Gasteiger partial charge in [-0.2, -0.15) is 0 Å². The number of nitrogens with zero attached hydrogens (tertiary/aromatic N) is 1. The number of benzene rings is 2. The van der Waals surface area contributed by atoms with E-state index >= 15 is 0 Å². The summed E-state index contributed by atoms with van der Waals surface area (Å²) in [5.74, 6) is 0.796. The molecule has 7 heteroatoms. The zero-order valence-electron chi connectivity index (χ0n) is 18.9. The molecule has 0 aliphatic carbocycles. The van der Waals surface area contributed by atoms with Crippen LogP contribution in [0.15, 0.2) is 47.4 Å². The van der Waals surface area contributed by atoms with Gasteiger partial charge in [0.2, 0.25) is 0 Å². The number of hydrogen-bond acceptors (Lipinski definition) is 5. The summed E-state index contributed by atoms with van der Waals surface area (Å²) < 4.78 is 40.1. The Balaban J connectivity index is 1.56. The van der Waals surface area contributed by atoms with Gasteiger partial charge in [0.15, 0.2) is 0 Å². The molecule has 0 bridgehead atoms. The number of fused-ring (bicyclic) bond motifs is 1. The Morgan fingerprint density at radius 1 is 1.12 bits per heavy atom. The summed E-state index contributed by atoms with van der Waals surface area (Å²) in [6, 6.07) is 12.6. The molecule has 1 saturated heterocycles. The van der Waals surface area contributed by atoms with Crippen LogP contribution in [0.3, 0.4) is 0 Å². The first kappa shape index (κ1) is 23.1. The van der Waals surface area contributed by atoms with Crippen molar-refractivity contribution in [3.8, 4) is 5.75 Å². The number of sulfonamides is 1. The first-order valence-electron chi connectivity index (χ1n) is 11.6. The second kappa shape index (κ2) is 9.81. The molecule has 0 unspecified atom stereocenters. The minimum Gasteiger partial charge on any atom is -0.488 e. The van der Waals surface area contributed by atoms with Gasteiger partial charge in [0.05, 0.1) is 17.2 Å². The van der Waals surface area contributed by atoms with E-state index in [9.17, 15) is 13.5 Å². The monoisotopic (exact) mass is 459 g/mol. The molecule has 1 N–H and O–H groups in total. The van der Waals surface area contributed by atoms with Crippen LogP contribution in [0.4, 0.5) is 5.69 Å². The summed E-state index contributed by atoms with van der Waals surface area (Å²) in [4.78, 5) is 0.246. The average Bonchev–Trinajstić information content (AvgIpc) is 2.82. The van der Waals surface area contributed by atoms with Crippen molar-refractivity contribution in [2.24, 2.45) is 5.92 Å². The van der Waals surface area contributed by atoms with Crippen LogP contribution in [0.1, 0.15) is 44.2 Å². The average molecular weight is 460 g/mol. The van der Waals surface area contributed by atoms with Gasteiger partial charge in [0, 0.05) is 25.2 Å². The van der Waals surface area contributed by atoms with Crippen LogP contribution in [0.25, 0.3) is 0 Å². The highest BCUT2D eigenvalue weighted by atomic mass is 32.2. The van der Waals surface area contributed by atoms with Gasteiger partial charge in [-0.15, -0.1) is 0 Å². The zero-order chi connectivity index (χ0) is 22.7. The molecule has 174 valence electrons. The maximum Gasteiger partial charge on any atom is 0.264 e. The minimum atomic E-state index is -3.70. The van der Waals surface area contributed by atoms with Gasteiger partial charge in [-0.05, 0) is 80.5 Å². The molecule has 32 heavy (non-hydrogen) atoms. The molecule has 0 amide bonds. The van der Waals surface area contributed by atoms with Crippen molar-refractivity contribution in [3.63, 3.8) is 0 Å². The van der Waals surface area contributed by atoms with E-state index in [1.807, 2.05) is 19.1 Å². The van der Waals surface area contributed by atoms with E-state index < -0.39 is 10.0 Å². The minimum absolute atomic E-state index is 0.0768. The third-order valence-electron chi connectivity index (χ3n) is 6.66. The van der Waals surface area contributed by atoms with Gasteiger partial charge in [-0.3, -0.25) is 4.31 Å². The summed E-state index contributed by atoms with van der Waals surface area (Å²) in [5, 5.41) is 9.78. The van der Waals surface area contributed by atoms with E-state index in [4.69, 9.17) is 9.47 Å². The third kappa shape index (κ3) is 4.65. The quantitative estimate of drug-likeness (QED) is 0.679. The van der Waals surface area contributed by atoms with Crippen molar-refractivity contribution < 1.29 is 23.0 Å². The van der Waals surface area contributed by atoms with Crippen molar-refractivity contribution in [1.82, 2.24) is 0 Å². The standard InChI is InChI=1S/C25H33NO5S/c1-3-19-5-11-24-21(16-19)6-4-18(2)26(24)32(28,29)23-9-7-22(8-10-23)31-25(17-27)20-12-14-30-15-13-20/h5,7-11,16,18,20,25,27H,3-4,6,12-15,17H2,1-2H3/t18-,25+/m0/s1. The second-order valence-electron chi connectivity index (χ2n) is 8.77. The molecular weight excluding hydrogens is 426 g/mol. The first-order chi connectivity index (χ1) is 15.4. The van der Waals surface area contributed by atoms with Gasteiger partial charge in [-0.1, -0.05) is 19.1 Å². The highest BCUT2D eigenvalue weighted by Crippen LogP contribution is 2.36. The Hall–Kier alpha value is -2.09. The maximum atomic E-state index is 13.6. The third-order valence-corrected chi connectivity index (χ3v) is 8.60. The number of anilines is 1. The Morgan fingerprint density at radius 3 is 2.50 bits per heavy atom. The van der Waals surface area contributed by atoms with Crippen LogP contribution in [0, 0.1) is 5.92 Å². The molecule has 0 aromatic heterocycles. The molecule has 0 saturated carbocycles. The summed E-state index contributed by atoms with van der Waals surface area (Å²) in [6.45, 7) is 5.35. The van der Waals surface area contributed by atoms with Gasteiger partial charge in [0.1, 0.15) is 11.9 Å². The largest absolute Gasteiger partial charge is 0.488 e. The predicted molar refractivity (Wildman–Crippen MR) is 125 cm³/mol. The molecule has 4 rings (SSSR count). The molecule has 2 aliphatic heterocycles. The summed E-state index contributed by atoms with van der Waals surface area (Å²) in [7, 11) is -3.70. The highest BCUT2D eigenvalue weighted by Gasteiger charge is 2.34. The Labute approximate surface area is 191 Å². The van der Waals surface area contributed by atoms with E-state index in [2.05, 4.69) is 13.0 Å². The summed E-state index contributed by atoms with van der Waals surface area (Å²) >= 11 is 0. The van der Waals surface area contributed by atoms with Crippen molar-refractivity contribution in [2.45, 2.75) is 63.0 Å². The Bertz CT molecular complexity index is 1020. The summed E-state index contributed by atoms with van der Waals surface area (Å²) in [5.41, 5.74) is 3.09. The molecule has 2 heterocycles. The van der Waals surface area contributed by atoms with E-state index in [1.165, 1.54) is 5.56 Å². The van der Waals surface area contributed by atoms with E-state index in [1.54, 1.807) is 28.6 Å². The van der Waals surface area contributed by atoms with Crippen LogP contribution in [0.5, 0.6) is 5.75 Å². The lowest BCUT2D eigenvalue weighted by atomic mass is 9.94. The van der Waals surface area contributed by atoms with E-state index in [0.717, 1.165) is 43.4 Å². The molecule has 0 spiro atoms. The number of aliphatic hydroxyl groups excluding tert-OH is 1. The molecule has 2 aromatic rings. The Morgan fingerprint density at radius 2 is 1.84 bits per heavy atom. The van der Waals surface area contributed by atoms with Crippen molar-refractivity contribution in [3.05, 3.63) is 53.6 Å². The van der Waals surface area contributed by atoms with Gasteiger partial charge < -0.3 is 14.6 Å². The van der Waals surface area contributed by atoms with Crippen LogP contribution in [-0.4, -0.2) is 45.5 Å². The van der Waals surface area contributed by atoms with Crippen LogP contribution < -0.4 is 9.04 Å². The van der Waals surface area contributed by atoms with Crippen LogP contribution >= 0.6 is 0 Å². The molecule has 1 fully saturated rings. The molecular formula is C25H33NO5S. The lowest BCUT2D eigenvalue weighted by Gasteiger charge is -2.36. The normalized spacial score (nSPS) is 20.6. The van der Waals surface area contributed by atoms with Gasteiger partial charge in [-0.25, -0.2) is 8.42 Å². The fourth-order valence-corrected chi connectivity index (χ4v) is 6.43. The molecule has 2 atom stereocenters. The van der Waals surface area contributed by atoms with Gasteiger partial charge >= 0.3 is 0 Å². The molecule has 2 aliphatic rings. The first-order valence-corrected chi connectivity index (χ1v) is 13.0. The lowest BCUT2D eigenvalue weighted by Crippen LogP contribution is -2.42. The van der Waals surface area contributed by atoms with E-state index in [0.29, 0.717) is 19.0 Å². The fourth-order valence-electron chi connectivity index (χ4n) is 4.71. The fraction of sp³-hybridized carbons (Fsp3) is 0.520. The van der Waals surface area contributed by atoms with E-state index in [-0.39, 0.29) is 29.6 Å². The summed E-state index contributed by atoms with van der Waals surface area (Å²) in [6.07, 6.45) is 4.00. The SMILES string of the molecule is CCc1ccc2c(c1)CC[C@H](C)N2S(=O)(=O)c1ccc(O[C@H](CO)C2CCOCC2)cc1. The van der Waals surface area contributed by atoms with Crippen molar-refractivity contribution >= 4 is 15.7 Å². The number of aryl methyl sites for hydroxylation is 2. The Kier molecular flexibility index (Phi) is 7.08. The van der Waals surface area contributed by atoms with Crippen LogP contribution in [-0.2, 0) is 27.6 Å². The number of rotatable bonds is 7. The predicted octanol–water partition coefficient (Wildman–Crippen LogP) is 3.95. The number of ether oxygens (including phenoxy) is 2. The van der Waals surface area contributed by atoms with Crippen molar-refractivity contribution in [2.75, 3.05) is 24.1 Å². The highest BCUT2D eigenvalue weighted by molar-refractivity contribution is 7.92. The molecule has 6 nitrogen and oxygen atoms in total. The smallest absolute Gasteiger partial charge is 0.264 e. The zero-order valence-corrected chi connectivity index (χ0v) is 19.7. The molecule has 2 aromatic carbocycles. The number of hydrogen-bond donors (Lipinski definition) is 1. The second-order valence-corrected chi connectivity index (χ2v) is 10.6. The lowest BCUT2D eigenvalue weighted by molar-refractivity contribution is -0.00307. The number of aliphatic hydroxyl groups is 1. The van der Waals surface area contributed by atoms with Crippen LogP contribution in [0.2, 0.25) is 0 Å². The topological polar surface area (TPSA) is 76.1 Å². The maximum absolute atomic E-state index is 13.6.